The van der Waals surface area contributed by atoms with E-state index in [1.54, 1.807) is 18.3 Å². The van der Waals surface area contributed by atoms with Crippen molar-refractivity contribution in [1.82, 2.24) is 19.8 Å². The molecule has 0 aliphatic carbocycles. The third-order valence-electron chi connectivity index (χ3n) is 6.73. The van der Waals surface area contributed by atoms with Gasteiger partial charge in [0, 0.05) is 38.4 Å². The summed E-state index contributed by atoms with van der Waals surface area (Å²) in [5.74, 6) is -1.02. The number of ether oxygens (including phenoxy) is 2. The van der Waals surface area contributed by atoms with E-state index in [2.05, 4.69) is 15.2 Å². The molecular weight excluding hydrogens is 467 g/mol. The largest absolute Gasteiger partial charge is 0.505 e. The van der Waals surface area contributed by atoms with E-state index in [9.17, 15) is 19.1 Å². The normalized spacial score (nSPS) is 17.3. The van der Waals surface area contributed by atoms with Crippen LogP contribution in [0.1, 0.15) is 34.3 Å². The standard InChI is InChI=1S/C26H29FN4O5/c1-35-11-8-28-25(33)20-23(32)21-22-24(17(13-29-21)12-16-4-6-18(27)7-5-16)36-19(15-31(22)26(20)34)14-30-9-2-3-10-30/h4-7,13,19,32H,2-3,8-12,14-15H2,1H3,(H,28,33)/t19-/m0/s1. The van der Waals surface area contributed by atoms with E-state index in [-0.39, 0.29) is 42.7 Å². The van der Waals surface area contributed by atoms with Crippen LogP contribution in [0, 0.1) is 5.82 Å². The molecule has 1 aromatic carbocycles. The monoisotopic (exact) mass is 496 g/mol. The molecule has 1 fully saturated rings. The summed E-state index contributed by atoms with van der Waals surface area (Å²) in [5, 5.41) is 13.6. The summed E-state index contributed by atoms with van der Waals surface area (Å²) >= 11 is 0. The minimum absolute atomic E-state index is 0.129. The molecule has 0 bridgehead atoms. The highest BCUT2D eigenvalue weighted by Crippen LogP contribution is 2.38. The predicted molar refractivity (Wildman–Crippen MR) is 131 cm³/mol. The van der Waals surface area contributed by atoms with Gasteiger partial charge in [-0.15, -0.1) is 0 Å². The molecule has 190 valence electrons. The molecule has 1 atom stereocenters. The van der Waals surface area contributed by atoms with Crippen molar-refractivity contribution in [3.63, 3.8) is 0 Å². The Hall–Kier alpha value is -3.50. The van der Waals surface area contributed by atoms with E-state index in [0.29, 0.717) is 29.8 Å². The number of methoxy groups -OCH3 is 1. The molecule has 36 heavy (non-hydrogen) atoms. The maximum atomic E-state index is 13.6. The molecule has 5 rings (SSSR count). The summed E-state index contributed by atoms with van der Waals surface area (Å²) in [6, 6.07) is 6.16. The number of carbonyl (C=O) groups is 1. The first-order valence-electron chi connectivity index (χ1n) is 12.1. The zero-order valence-corrected chi connectivity index (χ0v) is 20.1. The predicted octanol–water partition coefficient (Wildman–Crippen LogP) is 2.06. The molecule has 2 aliphatic heterocycles. The molecule has 0 saturated carbocycles. The Morgan fingerprint density at radius 1 is 1.28 bits per heavy atom. The second-order valence-electron chi connectivity index (χ2n) is 9.25. The van der Waals surface area contributed by atoms with Crippen molar-refractivity contribution >= 4 is 16.9 Å². The van der Waals surface area contributed by atoms with Crippen molar-refractivity contribution in [2.45, 2.75) is 31.9 Å². The molecule has 2 N–H and O–H groups in total. The quantitative estimate of drug-likeness (QED) is 0.460. The van der Waals surface area contributed by atoms with E-state index in [0.717, 1.165) is 31.5 Å². The van der Waals surface area contributed by atoms with Gasteiger partial charge in [-0.1, -0.05) is 12.1 Å². The molecule has 2 aromatic heterocycles. The Morgan fingerprint density at radius 3 is 2.75 bits per heavy atom. The lowest BCUT2D eigenvalue weighted by Crippen LogP contribution is -2.43. The average Bonchev–Trinajstić information content (AvgIpc) is 3.38. The van der Waals surface area contributed by atoms with Crippen LogP contribution < -0.4 is 15.6 Å². The van der Waals surface area contributed by atoms with Crippen LogP contribution in [0.15, 0.2) is 35.3 Å². The van der Waals surface area contributed by atoms with Gasteiger partial charge in [-0.05, 0) is 43.6 Å². The fraction of sp³-hybridized carbons (Fsp3) is 0.423. The van der Waals surface area contributed by atoms with Crippen molar-refractivity contribution in [3.8, 4) is 11.5 Å². The van der Waals surface area contributed by atoms with Crippen molar-refractivity contribution in [1.29, 1.82) is 0 Å². The van der Waals surface area contributed by atoms with E-state index in [1.807, 2.05) is 0 Å². The lowest BCUT2D eigenvalue weighted by Gasteiger charge is -2.32. The van der Waals surface area contributed by atoms with Crippen molar-refractivity contribution in [2.24, 2.45) is 0 Å². The number of nitrogens with one attached hydrogen (secondary N) is 1. The molecule has 0 radical (unpaired) electrons. The number of likely N-dealkylation sites (tertiary alicyclic amines) is 1. The zero-order chi connectivity index (χ0) is 25.2. The summed E-state index contributed by atoms with van der Waals surface area (Å²) < 4.78 is 26.3. The van der Waals surface area contributed by atoms with Gasteiger partial charge in [-0.25, -0.2) is 4.39 Å². The van der Waals surface area contributed by atoms with Gasteiger partial charge in [0.1, 0.15) is 28.5 Å². The number of aromatic nitrogens is 2. The maximum Gasteiger partial charge on any atom is 0.268 e. The Bertz CT molecular complexity index is 1340. The molecule has 2 aliphatic rings. The third kappa shape index (κ3) is 4.66. The number of aromatic hydroxyl groups is 1. The van der Waals surface area contributed by atoms with Crippen LogP contribution in [-0.2, 0) is 17.7 Å². The average molecular weight is 497 g/mol. The molecule has 1 amide bonds. The van der Waals surface area contributed by atoms with Crippen molar-refractivity contribution in [3.05, 3.63) is 63.3 Å². The molecule has 4 heterocycles. The van der Waals surface area contributed by atoms with Gasteiger partial charge in [0.05, 0.1) is 13.2 Å². The van der Waals surface area contributed by atoms with Crippen LogP contribution in [0.3, 0.4) is 0 Å². The van der Waals surface area contributed by atoms with Gasteiger partial charge in [0.15, 0.2) is 11.5 Å². The molecule has 0 unspecified atom stereocenters. The number of halogens is 1. The second kappa shape index (κ2) is 10.2. The van der Waals surface area contributed by atoms with E-state index in [4.69, 9.17) is 9.47 Å². The van der Waals surface area contributed by atoms with Gasteiger partial charge in [-0.3, -0.25) is 24.0 Å². The van der Waals surface area contributed by atoms with Gasteiger partial charge >= 0.3 is 0 Å². The smallest absolute Gasteiger partial charge is 0.268 e. The first-order chi connectivity index (χ1) is 17.5. The summed E-state index contributed by atoms with van der Waals surface area (Å²) in [7, 11) is 1.51. The fourth-order valence-corrected chi connectivity index (χ4v) is 4.97. The Balaban J connectivity index is 1.60. The van der Waals surface area contributed by atoms with E-state index >= 15 is 0 Å². The number of rotatable bonds is 8. The van der Waals surface area contributed by atoms with Crippen LogP contribution in [0.4, 0.5) is 4.39 Å². The first kappa shape index (κ1) is 24.2. The summed E-state index contributed by atoms with van der Waals surface area (Å²) in [6.45, 7) is 3.29. The van der Waals surface area contributed by atoms with Crippen molar-refractivity contribution < 1.29 is 23.8 Å². The minimum atomic E-state index is -0.679. The Kier molecular flexibility index (Phi) is 6.88. The minimum Gasteiger partial charge on any atom is -0.505 e. The van der Waals surface area contributed by atoms with E-state index in [1.165, 1.54) is 23.8 Å². The van der Waals surface area contributed by atoms with Crippen LogP contribution in [0.2, 0.25) is 0 Å². The van der Waals surface area contributed by atoms with Gasteiger partial charge in [-0.2, -0.15) is 0 Å². The molecule has 0 spiro atoms. The number of nitrogens with zero attached hydrogens (tertiary/aromatic N) is 3. The number of carbonyl (C=O) groups excluding carboxylic acids is 1. The van der Waals surface area contributed by atoms with Crippen LogP contribution >= 0.6 is 0 Å². The van der Waals surface area contributed by atoms with E-state index < -0.39 is 17.2 Å². The van der Waals surface area contributed by atoms with Gasteiger partial charge in [0.2, 0.25) is 0 Å². The lowest BCUT2D eigenvalue weighted by molar-refractivity contribution is 0.0929. The van der Waals surface area contributed by atoms with Gasteiger partial charge < -0.3 is 19.9 Å². The summed E-state index contributed by atoms with van der Waals surface area (Å²) in [4.78, 5) is 33.1. The number of pyridine rings is 2. The van der Waals surface area contributed by atoms with Crippen molar-refractivity contribution in [2.75, 3.05) is 39.9 Å². The topological polar surface area (TPSA) is 106 Å². The highest BCUT2D eigenvalue weighted by Gasteiger charge is 2.32. The van der Waals surface area contributed by atoms with Crippen LogP contribution in [-0.4, -0.2) is 71.5 Å². The Labute approximate surface area is 207 Å². The third-order valence-corrected chi connectivity index (χ3v) is 6.73. The zero-order valence-electron chi connectivity index (χ0n) is 20.1. The summed E-state index contributed by atoms with van der Waals surface area (Å²) in [6.07, 6.45) is 3.92. The number of amides is 1. The Morgan fingerprint density at radius 2 is 2.03 bits per heavy atom. The van der Waals surface area contributed by atoms with Crippen LogP contribution in [0.5, 0.6) is 11.5 Å². The highest BCUT2D eigenvalue weighted by molar-refractivity contribution is 6.02. The number of hydrogen-bond donors (Lipinski definition) is 2. The second-order valence-corrected chi connectivity index (χ2v) is 9.25. The molecule has 10 heteroatoms. The number of hydrogen-bond acceptors (Lipinski definition) is 7. The summed E-state index contributed by atoms with van der Waals surface area (Å²) in [5.41, 5.74) is 1.13. The van der Waals surface area contributed by atoms with Crippen LogP contribution in [0.25, 0.3) is 11.0 Å². The lowest BCUT2D eigenvalue weighted by atomic mass is 10.0. The maximum absolute atomic E-state index is 13.6. The first-order valence-corrected chi connectivity index (χ1v) is 12.1. The molecular formula is C26H29FN4O5. The van der Waals surface area contributed by atoms with Gasteiger partial charge in [0.25, 0.3) is 11.5 Å². The SMILES string of the molecule is COCCNC(=O)c1c(O)c2ncc(Cc3ccc(F)cc3)c3c2n(c1=O)C[C@H](CN1CCCC1)O3. The molecule has 3 aromatic rings. The molecule has 1 saturated heterocycles. The fourth-order valence-electron chi connectivity index (χ4n) is 4.97. The number of benzene rings is 1. The highest BCUT2D eigenvalue weighted by atomic mass is 19.1. The molecule has 9 nitrogen and oxygen atoms in total.